The summed E-state index contributed by atoms with van der Waals surface area (Å²) in [4.78, 5) is 31.3. The molecule has 1 atom stereocenters. The average molecular weight is 467 g/mol. The summed E-state index contributed by atoms with van der Waals surface area (Å²) in [5.74, 6) is -0.401. The summed E-state index contributed by atoms with van der Waals surface area (Å²) in [7, 11) is 0. The molecule has 0 bridgehead atoms. The number of carbonyl (C=O) groups excluding carboxylic acids is 2. The maximum Gasteiger partial charge on any atom is 0.338 e. The van der Waals surface area contributed by atoms with Crippen LogP contribution >= 0.6 is 11.8 Å². The van der Waals surface area contributed by atoms with Gasteiger partial charge in [-0.2, -0.15) is 0 Å². The average Bonchev–Trinajstić information content (AvgIpc) is 2.85. The summed E-state index contributed by atoms with van der Waals surface area (Å²) in [5.41, 5.74) is 3.16. The lowest BCUT2D eigenvalue weighted by molar-refractivity contribution is -0.139. The normalized spacial score (nSPS) is 19.2. The van der Waals surface area contributed by atoms with E-state index in [0.717, 1.165) is 36.6 Å². The summed E-state index contributed by atoms with van der Waals surface area (Å²) < 4.78 is 5.39. The molecule has 2 N–H and O–H groups in total. The first kappa shape index (κ1) is 23.2. The van der Waals surface area contributed by atoms with Crippen LogP contribution in [0, 0.1) is 0 Å². The molecule has 2 aliphatic rings. The predicted octanol–water partition coefficient (Wildman–Crippen LogP) is 3.40. The zero-order valence-electron chi connectivity index (χ0n) is 19.0. The molecule has 1 unspecified atom stereocenters. The summed E-state index contributed by atoms with van der Waals surface area (Å²) >= 11 is 1.65. The lowest BCUT2D eigenvalue weighted by atomic mass is 9.95. The maximum atomic E-state index is 13.0. The molecule has 174 valence electrons. The number of hydrogen-bond acceptors (Lipinski definition) is 6. The fourth-order valence-corrected chi connectivity index (χ4v) is 4.67. The van der Waals surface area contributed by atoms with Crippen molar-refractivity contribution in [3.05, 3.63) is 71.4 Å². The van der Waals surface area contributed by atoms with Crippen LogP contribution in [0.15, 0.2) is 70.8 Å². The Balaban J connectivity index is 1.56. The highest BCUT2D eigenvalue weighted by Gasteiger charge is 2.34. The number of urea groups is 1. The smallest absolute Gasteiger partial charge is 0.338 e. The lowest BCUT2D eigenvalue weighted by Crippen LogP contribution is -2.51. The quantitative estimate of drug-likeness (QED) is 0.481. The van der Waals surface area contributed by atoms with Gasteiger partial charge in [0.15, 0.2) is 0 Å². The van der Waals surface area contributed by atoms with Gasteiger partial charge in [-0.25, -0.2) is 9.59 Å². The molecule has 7 nitrogen and oxygen atoms in total. The molecule has 2 aromatic carbocycles. The van der Waals surface area contributed by atoms with E-state index < -0.39 is 12.0 Å². The molecular weight excluding hydrogens is 436 g/mol. The highest BCUT2D eigenvalue weighted by atomic mass is 32.2. The first-order valence-corrected chi connectivity index (χ1v) is 12.5. The maximum absolute atomic E-state index is 13.0. The van der Waals surface area contributed by atoms with E-state index in [-0.39, 0.29) is 12.6 Å². The van der Waals surface area contributed by atoms with Gasteiger partial charge in [-0.15, -0.1) is 11.8 Å². The third-order valence-corrected chi connectivity index (χ3v) is 6.72. The fourth-order valence-electron chi connectivity index (χ4n) is 4.27. The summed E-state index contributed by atoms with van der Waals surface area (Å²) in [6, 6.07) is 17.4. The van der Waals surface area contributed by atoms with Crippen molar-refractivity contribution in [1.82, 2.24) is 15.5 Å². The van der Waals surface area contributed by atoms with Crippen LogP contribution in [-0.2, 0) is 9.53 Å². The standard InChI is InChI=1S/C25H30N4O3S/c1-3-32-24(30)22-21(17-28-13-15-29(16-14-28)19-7-5-4-6-8-19)26-25(31)27-23(22)18-9-11-20(33-2)12-10-18/h4-12,23H,3,13-17H2,1-2H3,(H2,26,27,31). The third-order valence-electron chi connectivity index (χ3n) is 5.97. The second-order valence-corrected chi connectivity index (χ2v) is 8.90. The van der Waals surface area contributed by atoms with Crippen LogP contribution in [-0.4, -0.2) is 62.5 Å². The molecule has 0 aliphatic carbocycles. The molecule has 0 spiro atoms. The Morgan fingerprint density at radius 2 is 1.76 bits per heavy atom. The van der Waals surface area contributed by atoms with Gasteiger partial charge in [0.1, 0.15) is 0 Å². The molecule has 2 aliphatic heterocycles. The number of hydrogen-bond donors (Lipinski definition) is 2. The van der Waals surface area contributed by atoms with E-state index in [2.05, 4.69) is 44.7 Å². The van der Waals surface area contributed by atoms with Crippen molar-refractivity contribution in [3.63, 3.8) is 0 Å². The third kappa shape index (κ3) is 5.51. The van der Waals surface area contributed by atoms with Gasteiger partial charge in [0, 0.05) is 49.0 Å². The zero-order valence-corrected chi connectivity index (χ0v) is 19.9. The molecule has 33 heavy (non-hydrogen) atoms. The van der Waals surface area contributed by atoms with Crippen LogP contribution in [0.3, 0.4) is 0 Å². The van der Waals surface area contributed by atoms with Crippen molar-refractivity contribution in [3.8, 4) is 0 Å². The van der Waals surface area contributed by atoms with E-state index >= 15 is 0 Å². The molecule has 8 heteroatoms. The number of anilines is 1. The number of ether oxygens (including phenoxy) is 1. The number of esters is 1. The van der Waals surface area contributed by atoms with E-state index in [1.165, 1.54) is 5.69 Å². The van der Waals surface area contributed by atoms with Crippen molar-refractivity contribution in [2.24, 2.45) is 0 Å². The van der Waals surface area contributed by atoms with Gasteiger partial charge in [-0.3, -0.25) is 4.90 Å². The molecule has 1 fully saturated rings. The second-order valence-electron chi connectivity index (χ2n) is 8.02. The number of piperazine rings is 1. The number of benzene rings is 2. The van der Waals surface area contributed by atoms with Crippen LogP contribution in [0.1, 0.15) is 18.5 Å². The zero-order chi connectivity index (χ0) is 23.2. The number of para-hydroxylation sites is 1. The Kier molecular flexibility index (Phi) is 7.57. The number of rotatable bonds is 7. The van der Waals surface area contributed by atoms with Crippen molar-refractivity contribution < 1.29 is 14.3 Å². The first-order chi connectivity index (χ1) is 16.1. The second kappa shape index (κ2) is 10.8. The molecule has 4 rings (SSSR count). The van der Waals surface area contributed by atoms with Gasteiger partial charge in [0.05, 0.1) is 18.2 Å². The van der Waals surface area contributed by atoms with Crippen molar-refractivity contribution in [1.29, 1.82) is 0 Å². The summed E-state index contributed by atoms with van der Waals surface area (Å²) in [5, 5.41) is 5.80. The molecule has 2 amide bonds. The molecule has 2 aromatic rings. The molecule has 0 aromatic heterocycles. The monoisotopic (exact) mass is 466 g/mol. The van der Waals surface area contributed by atoms with Crippen LogP contribution in [0.5, 0.6) is 0 Å². The highest BCUT2D eigenvalue weighted by molar-refractivity contribution is 7.98. The van der Waals surface area contributed by atoms with Gasteiger partial charge in [0.2, 0.25) is 0 Å². The predicted molar refractivity (Wildman–Crippen MR) is 131 cm³/mol. The van der Waals surface area contributed by atoms with Gasteiger partial charge in [0.25, 0.3) is 0 Å². The van der Waals surface area contributed by atoms with Crippen LogP contribution in [0.4, 0.5) is 10.5 Å². The van der Waals surface area contributed by atoms with Crippen LogP contribution in [0.2, 0.25) is 0 Å². The summed E-state index contributed by atoms with van der Waals surface area (Å²) in [6.07, 6.45) is 2.01. The fraction of sp³-hybridized carbons (Fsp3) is 0.360. The minimum absolute atomic E-state index is 0.275. The van der Waals surface area contributed by atoms with Gasteiger partial charge in [-0.1, -0.05) is 30.3 Å². The molecule has 1 saturated heterocycles. The van der Waals surface area contributed by atoms with E-state index in [1.54, 1.807) is 18.7 Å². The Morgan fingerprint density at radius 3 is 2.39 bits per heavy atom. The molecular formula is C25H30N4O3S. The minimum atomic E-state index is -0.547. The Hall–Kier alpha value is -2.97. The number of nitrogens with one attached hydrogen (secondary N) is 2. The topological polar surface area (TPSA) is 73.9 Å². The molecule has 0 saturated carbocycles. The molecule has 0 radical (unpaired) electrons. The van der Waals surface area contributed by atoms with Gasteiger partial charge < -0.3 is 20.3 Å². The minimum Gasteiger partial charge on any atom is -0.463 e. The van der Waals surface area contributed by atoms with Gasteiger partial charge in [-0.05, 0) is 43.0 Å². The number of nitrogens with zero attached hydrogens (tertiary/aromatic N) is 2. The van der Waals surface area contributed by atoms with Crippen LogP contribution < -0.4 is 15.5 Å². The summed E-state index contributed by atoms with van der Waals surface area (Å²) in [6.45, 7) is 6.00. The Bertz CT molecular complexity index is 1000. The van der Waals surface area contributed by atoms with Gasteiger partial charge >= 0.3 is 12.0 Å². The Morgan fingerprint density at radius 1 is 1.06 bits per heavy atom. The first-order valence-electron chi connectivity index (χ1n) is 11.2. The number of carbonyl (C=O) groups is 2. The lowest BCUT2D eigenvalue weighted by Gasteiger charge is -2.38. The largest absolute Gasteiger partial charge is 0.463 e. The highest BCUT2D eigenvalue weighted by Crippen LogP contribution is 2.30. The SMILES string of the molecule is CCOC(=O)C1=C(CN2CCN(c3ccccc3)CC2)NC(=O)NC1c1ccc(SC)cc1. The van der Waals surface area contributed by atoms with E-state index in [9.17, 15) is 9.59 Å². The van der Waals surface area contributed by atoms with Crippen molar-refractivity contribution in [2.45, 2.75) is 17.9 Å². The van der Waals surface area contributed by atoms with E-state index in [4.69, 9.17) is 4.74 Å². The molecule has 2 heterocycles. The van der Waals surface area contributed by atoms with E-state index in [1.807, 2.05) is 36.6 Å². The van der Waals surface area contributed by atoms with Crippen molar-refractivity contribution in [2.75, 3.05) is 50.5 Å². The van der Waals surface area contributed by atoms with E-state index in [0.29, 0.717) is 17.8 Å². The number of thioether (sulfide) groups is 1. The van der Waals surface area contributed by atoms with Crippen molar-refractivity contribution >= 4 is 29.4 Å². The van der Waals surface area contributed by atoms with Crippen LogP contribution in [0.25, 0.3) is 0 Å². The number of amides is 2. The Labute approximate surface area is 199 Å².